The molecule has 0 saturated heterocycles. The number of rotatable bonds is 1. The van der Waals surface area contributed by atoms with Crippen LogP contribution in [0.25, 0.3) is 0 Å². The number of nitro benzene ring substituents is 1. The van der Waals surface area contributed by atoms with E-state index in [2.05, 4.69) is 5.32 Å². The summed E-state index contributed by atoms with van der Waals surface area (Å²) in [4.78, 5) is 21.6. The first-order valence-corrected chi connectivity index (χ1v) is 4.38. The highest BCUT2D eigenvalue weighted by atomic mass is 16.6. The first-order chi connectivity index (χ1) is 7.20. The van der Waals surface area contributed by atoms with Gasteiger partial charge in [0.1, 0.15) is 6.61 Å². The molecule has 1 N–H and O–H groups in total. The topological polar surface area (TPSA) is 81.5 Å². The molecular formula is C9H8N2O4. The fourth-order valence-corrected chi connectivity index (χ4v) is 1.41. The lowest BCUT2D eigenvalue weighted by atomic mass is 10.1. The minimum atomic E-state index is -0.558. The van der Waals surface area contributed by atoms with E-state index in [1.807, 2.05) is 0 Å². The van der Waals surface area contributed by atoms with Crippen molar-refractivity contribution >= 4 is 11.6 Å². The van der Waals surface area contributed by atoms with E-state index in [4.69, 9.17) is 4.74 Å². The summed E-state index contributed by atoms with van der Waals surface area (Å²) in [5.74, 6) is -0.288. The van der Waals surface area contributed by atoms with Gasteiger partial charge in [-0.25, -0.2) is 0 Å². The molecule has 0 radical (unpaired) electrons. The number of ether oxygens (including phenoxy) is 1. The number of benzene rings is 1. The Labute approximate surface area is 85.0 Å². The Morgan fingerprint density at radius 3 is 3.00 bits per heavy atom. The van der Waals surface area contributed by atoms with Crippen LogP contribution in [0, 0.1) is 10.1 Å². The van der Waals surface area contributed by atoms with Gasteiger partial charge >= 0.3 is 5.69 Å². The van der Waals surface area contributed by atoms with Gasteiger partial charge in [0.25, 0.3) is 5.91 Å². The van der Waals surface area contributed by atoms with Gasteiger partial charge in [0.15, 0.2) is 0 Å². The Bertz CT molecular complexity index is 430. The molecular weight excluding hydrogens is 200 g/mol. The number of nitrogens with one attached hydrogen (secondary N) is 1. The van der Waals surface area contributed by atoms with Crippen molar-refractivity contribution in [2.45, 2.75) is 0 Å². The molecule has 1 heterocycles. The van der Waals surface area contributed by atoms with Crippen molar-refractivity contribution in [3.63, 3.8) is 0 Å². The van der Waals surface area contributed by atoms with E-state index in [9.17, 15) is 14.9 Å². The minimum Gasteiger partial charge on any atom is -0.484 e. The molecule has 1 aliphatic rings. The fraction of sp³-hybridized carbons (Fsp3) is 0.222. The highest BCUT2D eigenvalue weighted by Crippen LogP contribution is 2.31. The van der Waals surface area contributed by atoms with Crippen LogP contribution >= 0.6 is 0 Å². The van der Waals surface area contributed by atoms with Gasteiger partial charge in [-0.1, -0.05) is 6.07 Å². The third kappa shape index (κ3) is 1.61. The average Bonchev–Trinajstić information content (AvgIpc) is 2.40. The molecule has 78 valence electrons. The molecule has 15 heavy (non-hydrogen) atoms. The summed E-state index contributed by atoms with van der Waals surface area (Å²) in [7, 11) is 0. The van der Waals surface area contributed by atoms with Gasteiger partial charge in [-0.05, 0) is 6.07 Å². The number of hydrogen-bond donors (Lipinski definition) is 1. The lowest BCUT2D eigenvalue weighted by Crippen LogP contribution is -2.24. The maximum absolute atomic E-state index is 11.5. The summed E-state index contributed by atoms with van der Waals surface area (Å²) in [5.41, 5.74) is 0.0336. The summed E-state index contributed by atoms with van der Waals surface area (Å²) in [6, 6.07) is 4.28. The van der Waals surface area contributed by atoms with Crippen LogP contribution in [0.3, 0.4) is 0 Å². The van der Waals surface area contributed by atoms with Crippen LogP contribution in [0.5, 0.6) is 5.75 Å². The first kappa shape index (κ1) is 9.45. The molecule has 6 nitrogen and oxygen atoms in total. The number of para-hydroxylation sites is 1. The number of carbonyl (C=O) groups is 1. The number of hydrogen-bond acceptors (Lipinski definition) is 4. The lowest BCUT2D eigenvalue weighted by Gasteiger charge is -2.04. The molecule has 1 aliphatic heterocycles. The van der Waals surface area contributed by atoms with Crippen LogP contribution in [-0.2, 0) is 0 Å². The molecule has 0 atom stereocenters. The molecule has 0 bridgehead atoms. The second kappa shape index (κ2) is 3.56. The van der Waals surface area contributed by atoms with Crippen molar-refractivity contribution in [2.24, 2.45) is 0 Å². The van der Waals surface area contributed by atoms with Crippen LogP contribution < -0.4 is 10.1 Å². The summed E-state index contributed by atoms with van der Waals surface area (Å²) in [6.07, 6.45) is 0. The van der Waals surface area contributed by atoms with Gasteiger partial charge in [0, 0.05) is 6.07 Å². The molecule has 0 aromatic heterocycles. The third-order valence-corrected chi connectivity index (χ3v) is 2.07. The van der Waals surface area contributed by atoms with Gasteiger partial charge in [-0.2, -0.15) is 0 Å². The summed E-state index contributed by atoms with van der Waals surface area (Å²) in [5, 5.41) is 13.3. The van der Waals surface area contributed by atoms with Crippen LogP contribution in [0.4, 0.5) is 5.69 Å². The second-order valence-electron chi connectivity index (χ2n) is 3.02. The van der Waals surface area contributed by atoms with Crippen LogP contribution in [0.1, 0.15) is 10.4 Å². The smallest absolute Gasteiger partial charge is 0.311 e. The normalized spacial score (nSPS) is 14.5. The number of amides is 1. The van der Waals surface area contributed by atoms with Gasteiger partial charge in [0.2, 0.25) is 5.75 Å². The summed E-state index contributed by atoms with van der Waals surface area (Å²) in [6.45, 7) is 0.592. The Kier molecular flexibility index (Phi) is 2.24. The molecule has 0 aliphatic carbocycles. The zero-order valence-corrected chi connectivity index (χ0v) is 7.73. The van der Waals surface area contributed by atoms with Crippen LogP contribution in [0.15, 0.2) is 18.2 Å². The van der Waals surface area contributed by atoms with Crippen molar-refractivity contribution in [1.29, 1.82) is 0 Å². The van der Waals surface area contributed by atoms with Gasteiger partial charge in [-0.3, -0.25) is 14.9 Å². The fourth-order valence-electron chi connectivity index (χ4n) is 1.41. The Morgan fingerprint density at radius 2 is 2.27 bits per heavy atom. The van der Waals surface area contributed by atoms with Crippen molar-refractivity contribution in [1.82, 2.24) is 5.32 Å². The van der Waals surface area contributed by atoms with Crippen molar-refractivity contribution in [2.75, 3.05) is 13.2 Å². The molecule has 0 saturated carbocycles. The van der Waals surface area contributed by atoms with E-state index < -0.39 is 4.92 Å². The average molecular weight is 208 g/mol. The first-order valence-electron chi connectivity index (χ1n) is 4.38. The zero-order valence-electron chi connectivity index (χ0n) is 7.73. The summed E-state index contributed by atoms with van der Waals surface area (Å²) >= 11 is 0. The Hall–Kier alpha value is -2.11. The molecule has 0 fully saturated rings. The molecule has 0 spiro atoms. The Morgan fingerprint density at radius 1 is 1.47 bits per heavy atom. The highest BCUT2D eigenvalue weighted by molar-refractivity contribution is 5.98. The lowest BCUT2D eigenvalue weighted by molar-refractivity contribution is -0.385. The number of nitrogens with zero attached hydrogens (tertiary/aromatic N) is 1. The van der Waals surface area contributed by atoms with E-state index in [-0.39, 0.29) is 29.5 Å². The van der Waals surface area contributed by atoms with Gasteiger partial charge < -0.3 is 10.1 Å². The second-order valence-corrected chi connectivity index (χ2v) is 3.02. The zero-order chi connectivity index (χ0) is 10.8. The predicted octanol–water partition coefficient (Wildman–Crippen LogP) is 0.717. The standard InChI is InChI=1S/C9H8N2O4/c12-9-6-2-1-3-7(11(13)14)8(6)15-5-4-10-9/h1-3H,4-5H2,(H,10,12). The summed E-state index contributed by atoms with van der Waals surface area (Å²) < 4.78 is 5.19. The Balaban J connectivity index is 2.58. The molecule has 1 aromatic rings. The molecule has 1 aromatic carbocycles. The van der Waals surface area contributed by atoms with E-state index in [1.54, 1.807) is 0 Å². The maximum atomic E-state index is 11.5. The third-order valence-electron chi connectivity index (χ3n) is 2.07. The van der Waals surface area contributed by atoms with Crippen molar-refractivity contribution in [3.8, 4) is 5.75 Å². The van der Waals surface area contributed by atoms with Gasteiger partial charge in [0.05, 0.1) is 17.0 Å². The SMILES string of the molecule is O=C1NCCOc2c1cccc2[N+](=O)[O-]. The molecule has 2 rings (SSSR count). The largest absolute Gasteiger partial charge is 0.484 e. The van der Waals surface area contributed by atoms with E-state index in [0.29, 0.717) is 6.54 Å². The minimum absolute atomic E-state index is 0.0532. The highest BCUT2D eigenvalue weighted by Gasteiger charge is 2.24. The molecule has 0 unspecified atom stereocenters. The number of fused-ring (bicyclic) bond motifs is 1. The number of nitro groups is 1. The monoisotopic (exact) mass is 208 g/mol. The van der Waals surface area contributed by atoms with Crippen molar-refractivity contribution < 1.29 is 14.5 Å². The van der Waals surface area contributed by atoms with E-state index in [0.717, 1.165) is 0 Å². The van der Waals surface area contributed by atoms with Crippen LogP contribution in [-0.4, -0.2) is 24.0 Å². The van der Waals surface area contributed by atoms with E-state index in [1.165, 1.54) is 18.2 Å². The van der Waals surface area contributed by atoms with Crippen LogP contribution in [0.2, 0.25) is 0 Å². The van der Waals surface area contributed by atoms with Crippen molar-refractivity contribution in [3.05, 3.63) is 33.9 Å². The van der Waals surface area contributed by atoms with Gasteiger partial charge in [-0.15, -0.1) is 0 Å². The molecule has 6 heteroatoms. The number of carbonyl (C=O) groups excluding carboxylic acids is 1. The van der Waals surface area contributed by atoms with E-state index >= 15 is 0 Å². The predicted molar refractivity (Wildman–Crippen MR) is 50.9 cm³/mol. The maximum Gasteiger partial charge on any atom is 0.311 e. The molecule has 1 amide bonds. The quantitative estimate of drug-likeness (QED) is 0.544.